The van der Waals surface area contributed by atoms with E-state index >= 15 is 0 Å². The van der Waals surface area contributed by atoms with Gasteiger partial charge in [-0.3, -0.25) is 4.79 Å². The molecular formula is C11H17N5OS. The van der Waals surface area contributed by atoms with Crippen LogP contribution in [0.15, 0.2) is 0 Å². The van der Waals surface area contributed by atoms with Crippen molar-refractivity contribution in [2.24, 2.45) is 5.41 Å². The number of carbonyl (C=O) groups excluding carboxylic acids is 1. The zero-order valence-electron chi connectivity index (χ0n) is 10.2. The molecule has 0 aliphatic carbocycles. The van der Waals surface area contributed by atoms with E-state index in [0.717, 1.165) is 44.0 Å². The minimum atomic E-state index is 0.194. The second-order valence-electron chi connectivity index (χ2n) is 5.19. The quantitative estimate of drug-likeness (QED) is 0.779. The van der Waals surface area contributed by atoms with Gasteiger partial charge in [0.1, 0.15) is 0 Å². The Balaban J connectivity index is 1.62. The predicted molar refractivity (Wildman–Crippen MR) is 70.4 cm³/mol. The summed E-state index contributed by atoms with van der Waals surface area (Å²) >= 11 is 1.44. The monoisotopic (exact) mass is 267 g/mol. The van der Waals surface area contributed by atoms with Crippen LogP contribution in [0.2, 0.25) is 0 Å². The van der Waals surface area contributed by atoms with E-state index in [1.54, 1.807) is 0 Å². The molecule has 0 unspecified atom stereocenters. The zero-order chi connectivity index (χ0) is 12.6. The van der Waals surface area contributed by atoms with E-state index in [1.165, 1.54) is 11.3 Å². The van der Waals surface area contributed by atoms with E-state index in [4.69, 9.17) is 5.73 Å². The molecule has 6 nitrogen and oxygen atoms in total. The van der Waals surface area contributed by atoms with Gasteiger partial charge in [-0.2, -0.15) is 0 Å². The first-order valence-electron chi connectivity index (χ1n) is 6.28. The van der Waals surface area contributed by atoms with Crippen molar-refractivity contribution in [2.45, 2.75) is 25.7 Å². The minimum Gasteiger partial charge on any atom is -0.374 e. The Morgan fingerprint density at radius 1 is 1.28 bits per heavy atom. The van der Waals surface area contributed by atoms with E-state index < -0.39 is 0 Å². The summed E-state index contributed by atoms with van der Waals surface area (Å²) < 4.78 is 0. The van der Waals surface area contributed by atoms with Crippen LogP contribution >= 0.6 is 11.3 Å². The summed E-state index contributed by atoms with van der Waals surface area (Å²) in [7, 11) is 0. The van der Waals surface area contributed by atoms with Gasteiger partial charge in [0.05, 0.1) is 0 Å². The standard InChI is InChI=1S/C11H17N5OS/c12-9-14-15-10(18-9)16-5-3-11(4-6-16)2-1-8(17)13-7-11/h1-7H2,(H2,12,14)(H,13,17). The smallest absolute Gasteiger partial charge is 0.220 e. The molecule has 1 aromatic heterocycles. The van der Waals surface area contributed by atoms with Crippen molar-refractivity contribution in [3.05, 3.63) is 0 Å². The molecule has 0 aromatic carbocycles. The second kappa shape index (κ2) is 4.38. The van der Waals surface area contributed by atoms with Gasteiger partial charge in [-0.05, 0) is 24.7 Å². The molecule has 1 spiro atoms. The SMILES string of the molecule is Nc1nnc(N2CCC3(CCC(=O)NC3)CC2)s1. The molecule has 18 heavy (non-hydrogen) atoms. The lowest BCUT2D eigenvalue weighted by molar-refractivity contribution is -0.124. The Bertz CT molecular complexity index is 440. The molecule has 2 fully saturated rings. The van der Waals surface area contributed by atoms with Crippen molar-refractivity contribution in [3.8, 4) is 0 Å². The number of hydrogen-bond donors (Lipinski definition) is 2. The maximum absolute atomic E-state index is 11.2. The third-order valence-electron chi connectivity index (χ3n) is 4.07. The van der Waals surface area contributed by atoms with Gasteiger partial charge in [-0.25, -0.2) is 0 Å². The Morgan fingerprint density at radius 2 is 2.06 bits per heavy atom. The third-order valence-corrected chi connectivity index (χ3v) is 4.88. The predicted octanol–water partition coefficient (Wildman–Crippen LogP) is 0.617. The van der Waals surface area contributed by atoms with Crippen molar-refractivity contribution in [1.82, 2.24) is 15.5 Å². The third kappa shape index (κ3) is 2.14. The topological polar surface area (TPSA) is 84.1 Å². The van der Waals surface area contributed by atoms with E-state index in [2.05, 4.69) is 20.4 Å². The van der Waals surface area contributed by atoms with Gasteiger partial charge >= 0.3 is 0 Å². The molecule has 1 amide bonds. The van der Waals surface area contributed by atoms with Crippen molar-refractivity contribution < 1.29 is 4.79 Å². The summed E-state index contributed by atoms with van der Waals surface area (Å²) in [5.41, 5.74) is 5.91. The minimum absolute atomic E-state index is 0.194. The summed E-state index contributed by atoms with van der Waals surface area (Å²) in [6.07, 6.45) is 3.90. The van der Waals surface area contributed by atoms with Crippen molar-refractivity contribution in [2.75, 3.05) is 30.3 Å². The van der Waals surface area contributed by atoms with Gasteiger partial charge in [0.25, 0.3) is 0 Å². The lowest BCUT2D eigenvalue weighted by Gasteiger charge is -2.43. The first-order chi connectivity index (χ1) is 8.67. The molecule has 0 atom stereocenters. The Hall–Kier alpha value is -1.37. The summed E-state index contributed by atoms with van der Waals surface area (Å²) in [4.78, 5) is 13.5. The van der Waals surface area contributed by atoms with Crippen LogP contribution in [0.5, 0.6) is 0 Å². The summed E-state index contributed by atoms with van der Waals surface area (Å²) in [5, 5.41) is 12.4. The number of aromatic nitrogens is 2. The number of nitrogens with zero attached hydrogens (tertiary/aromatic N) is 3. The Labute approximate surface area is 110 Å². The van der Waals surface area contributed by atoms with Gasteiger partial charge in [0, 0.05) is 26.1 Å². The summed E-state index contributed by atoms with van der Waals surface area (Å²) in [6, 6.07) is 0. The first kappa shape index (κ1) is 11.7. The van der Waals surface area contributed by atoms with Crippen LogP contribution in [0, 0.1) is 5.41 Å². The van der Waals surface area contributed by atoms with Crippen LogP contribution in [-0.2, 0) is 4.79 Å². The normalized spacial score (nSPS) is 23.1. The Morgan fingerprint density at radius 3 is 2.61 bits per heavy atom. The molecule has 98 valence electrons. The maximum atomic E-state index is 11.2. The van der Waals surface area contributed by atoms with Gasteiger partial charge in [-0.15, -0.1) is 10.2 Å². The molecule has 2 saturated heterocycles. The molecular weight excluding hydrogens is 250 g/mol. The van der Waals surface area contributed by atoms with Crippen LogP contribution < -0.4 is 16.0 Å². The zero-order valence-corrected chi connectivity index (χ0v) is 11.0. The van der Waals surface area contributed by atoms with Gasteiger partial charge < -0.3 is 16.0 Å². The summed E-state index contributed by atoms with van der Waals surface area (Å²) in [5.74, 6) is 0.194. The lowest BCUT2D eigenvalue weighted by atomic mass is 9.73. The number of nitrogen functional groups attached to an aromatic ring is 1. The fraction of sp³-hybridized carbons (Fsp3) is 0.727. The molecule has 3 heterocycles. The highest BCUT2D eigenvalue weighted by Crippen LogP contribution is 2.39. The average molecular weight is 267 g/mol. The van der Waals surface area contributed by atoms with Crippen molar-refractivity contribution in [3.63, 3.8) is 0 Å². The fourth-order valence-electron chi connectivity index (χ4n) is 2.79. The van der Waals surface area contributed by atoms with Gasteiger partial charge in [0.2, 0.25) is 16.2 Å². The molecule has 0 saturated carbocycles. The first-order valence-corrected chi connectivity index (χ1v) is 7.09. The number of carbonyl (C=O) groups is 1. The number of rotatable bonds is 1. The van der Waals surface area contributed by atoms with E-state index in [-0.39, 0.29) is 5.91 Å². The molecule has 2 aliphatic rings. The number of nitrogens with one attached hydrogen (secondary N) is 1. The molecule has 3 N–H and O–H groups in total. The molecule has 0 radical (unpaired) electrons. The van der Waals surface area contributed by atoms with Crippen LogP contribution in [0.3, 0.4) is 0 Å². The molecule has 1 aromatic rings. The number of piperidine rings is 2. The van der Waals surface area contributed by atoms with Gasteiger partial charge in [0.15, 0.2) is 0 Å². The number of hydrogen-bond acceptors (Lipinski definition) is 6. The van der Waals surface area contributed by atoms with Crippen molar-refractivity contribution in [1.29, 1.82) is 0 Å². The highest BCUT2D eigenvalue weighted by molar-refractivity contribution is 7.18. The highest BCUT2D eigenvalue weighted by Gasteiger charge is 2.38. The van der Waals surface area contributed by atoms with Crippen LogP contribution in [0.25, 0.3) is 0 Å². The van der Waals surface area contributed by atoms with Crippen LogP contribution in [0.1, 0.15) is 25.7 Å². The lowest BCUT2D eigenvalue weighted by Crippen LogP contribution is -2.49. The molecule has 0 bridgehead atoms. The largest absolute Gasteiger partial charge is 0.374 e. The number of anilines is 2. The van der Waals surface area contributed by atoms with Crippen LogP contribution in [-0.4, -0.2) is 35.7 Å². The highest BCUT2D eigenvalue weighted by atomic mass is 32.1. The van der Waals surface area contributed by atoms with Crippen LogP contribution in [0.4, 0.5) is 10.3 Å². The average Bonchev–Trinajstić information content (AvgIpc) is 2.81. The van der Waals surface area contributed by atoms with Gasteiger partial charge in [-0.1, -0.05) is 11.3 Å². The molecule has 2 aliphatic heterocycles. The fourth-order valence-corrected chi connectivity index (χ4v) is 3.46. The summed E-state index contributed by atoms with van der Waals surface area (Å²) in [6.45, 7) is 2.78. The number of nitrogens with two attached hydrogens (primary N) is 1. The van der Waals surface area contributed by atoms with E-state index in [0.29, 0.717) is 17.0 Å². The molecule has 7 heteroatoms. The Kier molecular flexibility index (Phi) is 2.85. The molecule has 3 rings (SSSR count). The van der Waals surface area contributed by atoms with E-state index in [9.17, 15) is 4.79 Å². The van der Waals surface area contributed by atoms with E-state index in [1.807, 2.05) is 0 Å². The second-order valence-corrected chi connectivity index (χ2v) is 6.17. The maximum Gasteiger partial charge on any atom is 0.220 e. The van der Waals surface area contributed by atoms with Crippen molar-refractivity contribution >= 4 is 27.5 Å². The number of amides is 1.